The van der Waals surface area contributed by atoms with E-state index in [1.54, 1.807) is 0 Å². The summed E-state index contributed by atoms with van der Waals surface area (Å²) in [6.07, 6.45) is 7.11. The quantitative estimate of drug-likeness (QED) is 0.583. The monoisotopic (exact) mass is 166 g/mol. The van der Waals surface area contributed by atoms with Gasteiger partial charge in [0.25, 0.3) is 0 Å². The average molecular weight is 166 g/mol. The molecule has 0 unspecified atom stereocenters. The van der Waals surface area contributed by atoms with Crippen LogP contribution in [0.25, 0.3) is 0 Å². The maximum absolute atomic E-state index is 11.3. The molecule has 12 heavy (non-hydrogen) atoms. The molecule has 0 N–H and O–H groups in total. The van der Waals surface area contributed by atoms with Crippen LogP contribution in [0.15, 0.2) is 23.8 Å². The third-order valence-corrected chi connectivity index (χ3v) is 1.81. The molecule has 0 aliphatic heterocycles. The average Bonchev–Trinajstić information content (AvgIpc) is 2.56. The second-order valence-corrected chi connectivity index (χ2v) is 2.69. The van der Waals surface area contributed by atoms with Gasteiger partial charge in [0.1, 0.15) is 0 Å². The molecular weight excluding hydrogens is 152 g/mol. The molecule has 0 saturated heterocycles. The molecule has 0 atom stereocenters. The minimum atomic E-state index is 0.216. The molecule has 1 rings (SSSR count). The molecule has 0 aromatic heterocycles. The zero-order valence-electron chi connectivity index (χ0n) is 7.38. The Labute approximate surface area is 72.9 Å². The van der Waals surface area contributed by atoms with E-state index in [4.69, 9.17) is 4.74 Å². The molecule has 1 aliphatic carbocycles. The maximum Gasteiger partial charge on any atom is 0.161 e. The number of hydrogen-bond acceptors (Lipinski definition) is 2. The first-order valence-corrected chi connectivity index (χ1v) is 4.31. The zero-order valence-corrected chi connectivity index (χ0v) is 7.38. The highest BCUT2D eigenvalue weighted by Gasteiger charge is 2.09. The highest BCUT2D eigenvalue weighted by Crippen LogP contribution is 2.12. The van der Waals surface area contributed by atoms with Crippen LogP contribution in [0.2, 0.25) is 0 Å². The van der Waals surface area contributed by atoms with Gasteiger partial charge in [0, 0.05) is 13.0 Å². The first-order chi connectivity index (χ1) is 5.84. The minimum Gasteiger partial charge on any atom is -0.381 e. The van der Waals surface area contributed by atoms with Gasteiger partial charge in [-0.05, 0) is 18.9 Å². The summed E-state index contributed by atoms with van der Waals surface area (Å²) < 4.78 is 5.10. The Kier molecular flexibility index (Phi) is 3.74. The molecular formula is C10H14O2. The molecule has 0 aromatic rings. The van der Waals surface area contributed by atoms with Crippen molar-refractivity contribution >= 4 is 5.78 Å². The number of ether oxygens (including phenoxy) is 1. The fourth-order valence-electron chi connectivity index (χ4n) is 1.12. The Morgan fingerprint density at radius 1 is 1.67 bits per heavy atom. The summed E-state index contributed by atoms with van der Waals surface area (Å²) in [7, 11) is 0. The summed E-state index contributed by atoms with van der Waals surface area (Å²) >= 11 is 0. The van der Waals surface area contributed by atoms with Crippen molar-refractivity contribution in [2.24, 2.45) is 0 Å². The van der Waals surface area contributed by atoms with Crippen LogP contribution in [-0.2, 0) is 9.53 Å². The van der Waals surface area contributed by atoms with E-state index in [9.17, 15) is 4.79 Å². The van der Waals surface area contributed by atoms with E-state index in [0.717, 1.165) is 12.0 Å². The smallest absolute Gasteiger partial charge is 0.161 e. The fourth-order valence-corrected chi connectivity index (χ4v) is 1.12. The summed E-state index contributed by atoms with van der Waals surface area (Å²) in [4.78, 5) is 11.3. The van der Waals surface area contributed by atoms with Crippen molar-refractivity contribution in [2.45, 2.75) is 19.8 Å². The summed E-state index contributed by atoms with van der Waals surface area (Å²) in [5, 5.41) is 0. The number of carbonyl (C=O) groups is 1. The standard InChI is InChI=1S/C10H14O2/c1-2-12-8-7-10(11)9-5-3-4-6-9/h3-5H,2,6-8H2,1H3. The van der Waals surface area contributed by atoms with Crippen molar-refractivity contribution in [3.8, 4) is 0 Å². The molecule has 0 heterocycles. The van der Waals surface area contributed by atoms with Gasteiger partial charge in [-0.2, -0.15) is 0 Å². The molecule has 0 bridgehead atoms. The number of ketones is 1. The Bertz CT molecular complexity index is 214. The SMILES string of the molecule is CCOCCC(=O)C1=CC=CC1. The van der Waals surface area contributed by atoms with Gasteiger partial charge in [-0.3, -0.25) is 4.79 Å². The topological polar surface area (TPSA) is 26.3 Å². The van der Waals surface area contributed by atoms with Crippen LogP contribution >= 0.6 is 0 Å². The molecule has 0 aromatic carbocycles. The molecule has 66 valence electrons. The highest BCUT2D eigenvalue weighted by molar-refractivity contribution is 5.96. The summed E-state index contributed by atoms with van der Waals surface area (Å²) in [5.41, 5.74) is 0.912. The lowest BCUT2D eigenvalue weighted by Gasteiger charge is -2.00. The lowest BCUT2D eigenvalue weighted by Crippen LogP contribution is -2.05. The van der Waals surface area contributed by atoms with E-state index in [2.05, 4.69) is 0 Å². The number of allylic oxidation sites excluding steroid dienone is 4. The number of hydrogen-bond donors (Lipinski definition) is 0. The third kappa shape index (κ3) is 2.62. The van der Waals surface area contributed by atoms with Crippen LogP contribution in [0, 0.1) is 0 Å². The van der Waals surface area contributed by atoms with Gasteiger partial charge >= 0.3 is 0 Å². The lowest BCUT2D eigenvalue weighted by molar-refractivity contribution is -0.116. The second kappa shape index (κ2) is 4.88. The van der Waals surface area contributed by atoms with Crippen LogP contribution in [-0.4, -0.2) is 19.0 Å². The van der Waals surface area contributed by atoms with Crippen LogP contribution < -0.4 is 0 Å². The van der Waals surface area contributed by atoms with Crippen molar-refractivity contribution in [1.29, 1.82) is 0 Å². The van der Waals surface area contributed by atoms with Crippen molar-refractivity contribution < 1.29 is 9.53 Å². The lowest BCUT2D eigenvalue weighted by atomic mass is 10.1. The Hall–Kier alpha value is -0.890. The Balaban J connectivity index is 2.20. The van der Waals surface area contributed by atoms with E-state index >= 15 is 0 Å². The van der Waals surface area contributed by atoms with Crippen molar-refractivity contribution in [3.05, 3.63) is 23.8 Å². The van der Waals surface area contributed by atoms with Crippen LogP contribution in [0.1, 0.15) is 19.8 Å². The molecule has 2 nitrogen and oxygen atoms in total. The largest absolute Gasteiger partial charge is 0.381 e. The number of rotatable bonds is 5. The molecule has 0 radical (unpaired) electrons. The molecule has 0 spiro atoms. The van der Waals surface area contributed by atoms with Crippen LogP contribution in [0.5, 0.6) is 0 Å². The van der Waals surface area contributed by atoms with Gasteiger partial charge < -0.3 is 4.74 Å². The number of Topliss-reactive ketones (excluding diaryl/α,β-unsaturated/α-hetero) is 1. The predicted molar refractivity (Wildman–Crippen MR) is 48.0 cm³/mol. The van der Waals surface area contributed by atoms with E-state index < -0.39 is 0 Å². The van der Waals surface area contributed by atoms with E-state index in [1.807, 2.05) is 25.2 Å². The molecule has 1 aliphatic rings. The summed E-state index contributed by atoms with van der Waals surface area (Å²) in [6.45, 7) is 3.16. The van der Waals surface area contributed by atoms with Crippen molar-refractivity contribution in [1.82, 2.24) is 0 Å². The second-order valence-electron chi connectivity index (χ2n) is 2.69. The summed E-state index contributed by atoms with van der Waals surface area (Å²) in [5.74, 6) is 0.216. The van der Waals surface area contributed by atoms with Gasteiger partial charge in [-0.15, -0.1) is 0 Å². The van der Waals surface area contributed by atoms with Crippen molar-refractivity contribution in [3.63, 3.8) is 0 Å². The van der Waals surface area contributed by atoms with Gasteiger partial charge in [0.05, 0.1) is 6.61 Å². The maximum atomic E-state index is 11.3. The number of carbonyl (C=O) groups excluding carboxylic acids is 1. The van der Waals surface area contributed by atoms with Crippen LogP contribution in [0.4, 0.5) is 0 Å². The normalized spacial score (nSPS) is 14.9. The molecule has 2 heteroatoms. The predicted octanol–water partition coefficient (Wildman–Crippen LogP) is 1.87. The van der Waals surface area contributed by atoms with Gasteiger partial charge in [-0.1, -0.05) is 18.2 Å². The van der Waals surface area contributed by atoms with E-state index in [1.165, 1.54) is 0 Å². The Morgan fingerprint density at radius 3 is 3.08 bits per heavy atom. The van der Waals surface area contributed by atoms with E-state index in [-0.39, 0.29) is 5.78 Å². The first kappa shape index (κ1) is 9.20. The molecule has 0 amide bonds. The molecule has 0 fully saturated rings. The van der Waals surface area contributed by atoms with Gasteiger partial charge in [0.2, 0.25) is 0 Å². The third-order valence-electron chi connectivity index (χ3n) is 1.81. The Morgan fingerprint density at radius 2 is 2.50 bits per heavy atom. The fraction of sp³-hybridized carbons (Fsp3) is 0.500. The zero-order chi connectivity index (χ0) is 8.81. The minimum absolute atomic E-state index is 0.216. The summed E-state index contributed by atoms with van der Waals surface area (Å²) in [6, 6.07) is 0. The van der Waals surface area contributed by atoms with Gasteiger partial charge in [-0.25, -0.2) is 0 Å². The first-order valence-electron chi connectivity index (χ1n) is 4.31. The van der Waals surface area contributed by atoms with Crippen LogP contribution in [0.3, 0.4) is 0 Å². The molecule has 0 saturated carbocycles. The van der Waals surface area contributed by atoms with Gasteiger partial charge in [0.15, 0.2) is 5.78 Å². The van der Waals surface area contributed by atoms with E-state index in [0.29, 0.717) is 19.6 Å². The highest BCUT2D eigenvalue weighted by atomic mass is 16.5. The van der Waals surface area contributed by atoms with Crippen molar-refractivity contribution in [2.75, 3.05) is 13.2 Å².